The highest BCUT2D eigenvalue weighted by Gasteiger charge is 2.51. The van der Waals surface area contributed by atoms with Crippen molar-refractivity contribution in [3.63, 3.8) is 0 Å². The Morgan fingerprint density at radius 3 is 0.901 bits per heavy atom. The topological polar surface area (TPSA) is 6.48 Å². The lowest BCUT2D eigenvalue weighted by Crippen LogP contribution is -2.72. The van der Waals surface area contributed by atoms with Gasteiger partial charge in [-0.25, -0.2) is 26.3 Å². The van der Waals surface area contributed by atoms with Crippen LogP contribution in [0.4, 0.5) is 60.5 Å². The molecule has 0 spiro atoms. The lowest BCUT2D eigenvalue weighted by molar-refractivity contribution is 0.509. The molecule has 2 unspecified atom stereocenters. The molecule has 16 aromatic carbocycles. The molecule has 0 bridgehead atoms. The molecule has 530 valence electrons. The molecule has 1 heterocycles. The summed E-state index contributed by atoms with van der Waals surface area (Å²) in [7, 11) is -3.37. The highest BCUT2D eigenvalue weighted by Crippen LogP contribution is 2.60. The molecule has 1 aliphatic heterocycles. The zero-order valence-electron chi connectivity index (χ0n) is 59.9. The van der Waals surface area contributed by atoms with Gasteiger partial charge in [0.1, 0.15) is 11.6 Å². The highest BCUT2D eigenvalue weighted by atomic mass is 28.3. The molecule has 2 atom stereocenters. The van der Waals surface area contributed by atoms with E-state index in [4.69, 9.17) is 0 Å². The number of benzene rings is 16. The van der Waals surface area contributed by atoms with Crippen molar-refractivity contribution in [2.24, 2.45) is 0 Å². The van der Waals surface area contributed by atoms with Gasteiger partial charge in [-0.2, -0.15) is 0 Å². The first kappa shape index (κ1) is 68.0. The van der Waals surface area contributed by atoms with Crippen LogP contribution >= 0.6 is 0 Å². The van der Waals surface area contributed by atoms with E-state index in [2.05, 4.69) is 219 Å². The lowest BCUT2D eigenvalue weighted by Gasteiger charge is -2.35. The molecule has 0 amide bonds. The Morgan fingerprint density at radius 1 is 0.243 bits per heavy atom. The summed E-state index contributed by atoms with van der Waals surface area (Å²) in [6.07, 6.45) is 3.64. The minimum absolute atomic E-state index is 0.347. The molecule has 0 radical (unpaired) electrons. The predicted molar refractivity (Wildman–Crippen MR) is 444 cm³/mol. The van der Waals surface area contributed by atoms with Gasteiger partial charge in [-0.05, 0) is 229 Å². The van der Waals surface area contributed by atoms with Crippen molar-refractivity contribution in [2.75, 3.05) is 9.80 Å². The standard InChI is InChI=1S/C102H66F6N2Si/c1-3-65-23-27-67(28-24-65)69-31-35-71(36-32-69)101(73-39-43-75(103)44-40-73)91-21-13-11-19-85(91)87-53-47-79(61-93(87)101)109(81-49-55-95(105)97(107)63-81)77-51-57-99-89(59-77)90-60-78(52-58-100(90)111(99,83-15-7-5-8-16-83)84-17-9-6-10-18-84)110(82-50-56-96(106)98(108)64-82)80-48-54-88-86-20-12-14-22-92(86)102(94(88)62-80,74-41-45-76(104)46-42-74)72-37-33-70(34-38-72)68-29-25-66(4-2)26-30-68/h3-64H,1-2H2. The fraction of sp³-hybridized carbons (Fsp3) is 0.0196. The molecule has 0 aromatic heterocycles. The van der Waals surface area contributed by atoms with Crippen molar-refractivity contribution in [1.82, 2.24) is 0 Å². The molecule has 3 aliphatic rings. The Balaban J connectivity index is 0.830. The molecule has 0 saturated heterocycles. The normalized spacial score (nSPS) is 15.2. The van der Waals surface area contributed by atoms with Gasteiger partial charge in [0.25, 0.3) is 0 Å². The van der Waals surface area contributed by atoms with Crippen molar-refractivity contribution >= 4 is 75.1 Å². The Labute approximate surface area is 641 Å². The van der Waals surface area contributed by atoms with Crippen LogP contribution in [0.15, 0.2) is 377 Å². The van der Waals surface area contributed by atoms with E-state index in [0.29, 0.717) is 34.1 Å². The first-order valence-electron chi connectivity index (χ1n) is 37.0. The van der Waals surface area contributed by atoms with Gasteiger partial charge in [0.2, 0.25) is 0 Å². The monoisotopic (exact) mass is 1460 g/mol. The van der Waals surface area contributed by atoms with E-state index in [1.54, 1.807) is 12.1 Å². The maximum absolute atomic E-state index is 16.5. The van der Waals surface area contributed by atoms with Crippen LogP contribution in [0.3, 0.4) is 0 Å². The number of halogens is 6. The maximum Gasteiger partial charge on any atom is 0.180 e. The number of nitrogens with zero attached hydrogens (tertiary/aromatic N) is 2. The first-order valence-corrected chi connectivity index (χ1v) is 39.0. The Hall–Kier alpha value is -13.6. The van der Waals surface area contributed by atoms with Gasteiger partial charge in [0.05, 0.1) is 10.8 Å². The van der Waals surface area contributed by atoms with Gasteiger partial charge in [-0.3, -0.25) is 0 Å². The van der Waals surface area contributed by atoms with Crippen molar-refractivity contribution in [2.45, 2.75) is 10.8 Å². The van der Waals surface area contributed by atoms with E-state index in [1.165, 1.54) is 36.4 Å². The Kier molecular flexibility index (Phi) is 16.5. The fourth-order valence-corrected chi connectivity index (χ4v) is 23.3. The number of fused-ring (bicyclic) bond motifs is 9. The van der Waals surface area contributed by atoms with Crippen LogP contribution in [0.5, 0.6) is 0 Å². The number of hydrogen-bond acceptors (Lipinski definition) is 2. The quantitative estimate of drug-likeness (QED) is 0.0703. The van der Waals surface area contributed by atoms with Gasteiger partial charge in [0.15, 0.2) is 31.3 Å². The number of anilines is 6. The van der Waals surface area contributed by atoms with E-state index in [9.17, 15) is 0 Å². The van der Waals surface area contributed by atoms with E-state index >= 15 is 26.3 Å². The van der Waals surface area contributed by atoms with Crippen LogP contribution in [0, 0.1) is 34.9 Å². The summed E-state index contributed by atoms with van der Waals surface area (Å²) in [6.45, 7) is 7.92. The van der Waals surface area contributed by atoms with E-state index in [-0.39, 0.29) is 11.6 Å². The molecule has 2 nitrogen and oxygen atoms in total. The van der Waals surface area contributed by atoms with E-state index in [0.717, 1.165) is 144 Å². The lowest BCUT2D eigenvalue weighted by atomic mass is 9.67. The van der Waals surface area contributed by atoms with Crippen LogP contribution in [0.1, 0.15) is 55.6 Å². The number of hydrogen-bond donors (Lipinski definition) is 0. The summed E-state index contributed by atoms with van der Waals surface area (Å²) >= 11 is 0. The SMILES string of the molecule is C=Cc1ccc(-c2ccc(C3(c4ccc(F)cc4)c4ccccc4-c4ccc(N(c5ccc(F)c(F)c5)c5ccc6c(c5)-c5cc(N(c7ccc(F)c(F)c7)c7ccc8c(c7)C(c7ccc(F)cc7)(c7ccc(-c9ccc(C=C)cc9)cc7)c7ccccc7-8)ccc5[Si]6(c5ccccc5)c5ccccc5)cc43)cc2)cc1. The summed E-state index contributed by atoms with van der Waals surface area (Å²) in [5.74, 6) is -4.84. The van der Waals surface area contributed by atoms with E-state index in [1.807, 2.05) is 119 Å². The molecular formula is C102H66F6N2Si. The van der Waals surface area contributed by atoms with Crippen LogP contribution in [-0.4, -0.2) is 8.07 Å². The van der Waals surface area contributed by atoms with Crippen molar-refractivity contribution in [3.05, 3.63) is 468 Å². The average Bonchev–Trinajstić information content (AvgIpc) is 1.56. The van der Waals surface area contributed by atoms with Gasteiger partial charge >= 0.3 is 0 Å². The molecule has 0 N–H and O–H groups in total. The zero-order valence-corrected chi connectivity index (χ0v) is 60.9. The second kappa shape index (κ2) is 27.0. The van der Waals surface area contributed by atoms with Crippen LogP contribution in [0.2, 0.25) is 0 Å². The molecule has 0 saturated carbocycles. The van der Waals surface area contributed by atoms with Gasteiger partial charge in [0, 0.05) is 46.3 Å². The molecule has 2 aliphatic carbocycles. The van der Waals surface area contributed by atoms with Gasteiger partial charge in [-0.1, -0.05) is 280 Å². The minimum Gasteiger partial charge on any atom is -0.310 e. The highest BCUT2D eigenvalue weighted by molar-refractivity contribution is 7.22. The zero-order chi connectivity index (χ0) is 75.3. The van der Waals surface area contributed by atoms with Crippen molar-refractivity contribution in [1.29, 1.82) is 0 Å². The largest absolute Gasteiger partial charge is 0.310 e. The summed E-state index contributed by atoms with van der Waals surface area (Å²) < 4.78 is 95.2. The average molecular weight is 1460 g/mol. The van der Waals surface area contributed by atoms with Crippen molar-refractivity contribution < 1.29 is 26.3 Å². The van der Waals surface area contributed by atoms with Gasteiger partial charge in [-0.15, -0.1) is 0 Å². The number of rotatable bonds is 16. The van der Waals surface area contributed by atoms with Crippen LogP contribution < -0.4 is 30.5 Å². The summed E-state index contributed by atoms with van der Waals surface area (Å²) in [5, 5.41) is 4.38. The molecular weight excluding hydrogens is 1400 g/mol. The van der Waals surface area contributed by atoms with E-state index < -0.39 is 42.2 Å². The molecule has 0 fully saturated rings. The van der Waals surface area contributed by atoms with Crippen molar-refractivity contribution in [3.8, 4) is 55.6 Å². The smallest absolute Gasteiger partial charge is 0.180 e. The maximum atomic E-state index is 16.5. The first-order chi connectivity index (χ1) is 54.4. The summed E-state index contributed by atoms with van der Waals surface area (Å²) in [4.78, 5) is 3.95. The molecule has 111 heavy (non-hydrogen) atoms. The third kappa shape index (κ3) is 10.8. The van der Waals surface area contributed by atoms with Crippen LogP contribution in [-0.2, 0) is 10.8 Å². The predicted octanol–water partition coefficient (Wildman–Crippen LogP) is 24.2. The Bertz CT molecular complexity index is 5980. The molecule has 16 aromatic rings. The third-order valence-corrected chi connectivity index (χ3v) is 28.0. The summed E-state index contributed by atoms with van der Waals surface area (Å²) in [6, 6.07) is 118. The van der Waals surface area contributed by atoms with Crippen LogP contribution in [0.25, 0.3) is 67.8 Å². The Morgan fingerprint density at radius 2 is 0.541 bits per heavy atom. The second-order valence-corrected chi connectivity index (χ2v) is 32.4. The minimum atomic E-state index is -3.37. The van der Waals surface area contributed by atoms with Gasteiger partial charge < -0.3 is 9.80 Å². The molecule has 19 rings (SSSR count). The molecule has 9 heteroatoms. The second-order valence-electron chi connectivity index (χ2n) is 28.7. The third-order valence-electron chi connectivity index (χ3n) is 23.1. The fourth-order valence-electron chi connectivity index (χ4n) is 18.1. The summed E-state index contributed by atoms with van der Waals surface area (Å²) in [5.41, 5.74) is 20.2.